The zero-order valence-corrected chi connectivity index (χ0v) is 10.4. The Morgan fingerprint density at radius 3 is 3.06 bits per heavy atom. The Hall–Kier alpha value is -1.06. The lowest BCUT2D eigenvalue weighted by Gasteiger charge is -2.23. The van der Waals surface area contributed by atoms with Crippen LogP contribution in [0.3, 0.4) is 0 Å². The van der Waals surface area contributed by atoms with E-state index < -0.39 is 0 Å². The van der Waals surface area contributed by atoms with Gasteiger partial charge in [-0.1, -0.05) is 0 Å². The Balaban J connectivity index is 2.07. The van der Waals surface area contributed by atoms with E-state index in [0.29, 0.717) is 6.04 Å². The van der Waals surface area contributed by atoms with Crippen molar-refractivity contribution in [3.05, 3.63) is 45.0 Å². The first kappa shape index (κ1) is 10.1. The molecule has 3 rings (SSSR count). The Bertz CT molecular complexity index is 512. The van der Waals surface area contributed by atoms with Crippen LogP contribution in [0, 0.1) is 13.8 Å². The summed E-state index contributed by atoms with van der Waals surface area (Å²) in [5, 5.41) is 3.58. The number of furan rings is 1. The Morgan fingerprint density at radius 1 is 1.44 bits per heavy atom. The van der Waals surface area contributed by atoms with E-state index in [4.69, 9.17) is 4.42 Å². The molecular formula is C13H15NOS. The molecule has 3 heteroatoms. The van der Waals surface area contributed by atoms with Gasteiger partial charge in [-0.3, -0.25) is 0 Å². The number of hydrogen-bond acceptors (Lipinski definition) is 3. The van der Waals surface area contributed by atoms with Gasteiger partial charge in [-0.2, -0.15) is 0 Å². The molecule has 3 heterocycles. The molecule has 84 valence electrons. The highest BCUT2D eigenvalue weighted by atomic mass is 32.1. The predicted molar refractivity (Wildman–Crippen MR) is 66.1 cm³/mol. The van der Waals surface area contributed by atoms with Crippen LogP contribution >= 0.6 is 11.3 Å². The average molecular weight is 233 g/mol. The van der Waals surface area contributed by atoms with Crippen LogP contribution in [0.25, 0.3) is 0 Å². The topological polar surface area (TPSA) is 25.2 Å². The van der Waals surface area contributed by atoms with Gasteiger partial charge in [-0.15, -0.1) is 11.3 Å². The van der Waals surface area contributed by atoms with E-state index in [9.17, 15) is 0 Å². The van der Waals surface area contributed by atoms with Crippen molar-refractivity contribution < 1.29 is 4.42 Å². The quantitative estimate of drug-likeness (QED) is 0.818. The molecule has 2 aromatic rings. The molecule has 0 fully saturated rings. The molecular weight excluding hydrogens is 218 g/mol. The maximum atomic E-state index is 5.52. The lowest BCUT2D eigenvalue weighted by Crippen LogP contribution is -2.29. The highest BCUT2D eigenvalue weighted by Crippen LogP contribution is 2.35. The van der Waals surface area contributed by atoms with Crippen molar-refractivity contribution in [1.82, 2.24) is 5.32 Å². The zero-order valence-electron chi connectivity index (χ0n) is 9.54. The summed E-state index contributed by atoms with van der Waals surface area (Å²) in [6.45, 7) is 5.36. The van der Waals surface area contributed by atoms with E-state index in [-0.39, 0.29) is 0 Å². The summed E-state index contributed by atoms with van der Waals surface area (Å²) >= 11 is 1.88. The van der Waals surface area contributed by atoms with Crippen LogP contribution < -0.4 is 5.32 Å². The van der Waals surface area contributed by atoms with E-state index in [1.54, 1.807) is 6.26 Å². The van der Waals surface area contributed by atoms with Crippen LogP contribution in [0.1, 0.15) is 32.7 Å². The van der Waals surface area contributed by atoms with Crippen LogP contribution in [-0.2, 0) is 6.42 Å². The molecule has 0 amide bonds. The van der Waals surface area contributed by atoms with Crippen molar-refractivity contribution >= 4 is 11.3 Å². The average Bonchev–Trinajstić information content (AvgIpc) is 2.84. The second-order valence-corrected chi connectivity index (χ2v) is 5.63. The summed E-state index contributed by atoms with van der Waals surface area (Å²) in [7, 11) is 0. The Labute approximate surface area is 99.3 Å². The number of aryl methyl sites for hydroxylation is 2. The molecule has 0 aromatic carbocycles. The van der Waals surface area contributed by atoms with Crippen molar-refractivity contribution in [2.75, 3.05) is 6.54 Å². The lowest BCUT2D eigenvalue weighted by molar-refractivity contribution is 0.457. The SMILES string of the molecule is Cc1cc(C)c(C2NCCc3occc32)s1. The number of hydrogen-bond donors (Lipinski definition) is 1. The fraction of sp³-hybridized carbons (Fsp3) is 0.385. The standard InChI is InChI=1S/C13H15NOS/c1-8-7-9(2)16-13(8)12-10-4-6-15-11(10)3-5-14-12/h4,6-7,12,14H,3,5H2,1-2H3. The van der Waals surface area contributed by atoms with Crippen molar-refractivity contribution in [2.45, 2.75) is 26.3 Å². The molecule has 0 aliphatic carbocycles. The molecule has 1 N–H and O–H groups in total. The highest BCUT2D eigenvalue weighted by Gasteiger charge is 2.25. The van der Waals surface area contributed by atoms with Crippen molar-refractivity contribution in [3.8, 4) is 0 Å². The van der Waals surface area contributed by atoms with Gasteiger partial charge in [0.1, 0.15) is 5.76 Å². The molecule has 0 saturated carbocycles. The molecule has 1 aliphatic heterocycles. The molecule has 0 radical (unpaired) electrons. The smallest absolute Gasteiger partial charge is 0.110 e. The molecule has 2 aromatic heterocycles. The molecule has 2 nitrogen and oxygen atoms in total. The van der Waals surface area contributed by atoms with Gasteiger partial charge in [0.15, 0.2) is 0 Å². The first-order valence-corrected chi connectivity index (χ1v) is 6.44. The second-order valence-electron chi connectivity index (χ2n) is 4.34. The highest BCUT2D eigenvalue weighted by molar-refractivity contribution is 7.12. The van der Waals surface area contributed by atoms with Crippen molar-refractivity contribution in [1.29, 1.82) is 0 Å². The number of fused-ring (bicyclic) bond motifs is 1. The fourth-order valence-corrected chi connectivity index (χ4v) is 3.56. The second kappa shape index (κ2) is 3.75. The normalized spacial score (nSPS) is 19.8. The third kappa shape index (κ3) is 1.51. The van der Waals surface area contributed by atoms with Gasteiger partial charge in [-0.25, -0.2) is 0 Å². The van der Waals surface area contributed by atoms with Crippen molar-refractivity contribution in [3.63, 3.8) is 0 Å². The molecule has 1 aliphatic rings. The first-order chi connectivity index (χ1) is 7.75. The Morgan fingerprint density at radius 2 is 2.31 bits per heavy atom. The predicted octanol–water partition coefficient (Wildman–Crippen LogP) is 3.19. The fourth-order valence-electron chi connectivity index (χ4n) is 2.43. The molecule has 16 heavy (non-hydrogen) atoms. The third-order valence-corrected chi connectivity index (χ3v) is 4.35. The summed E-state index contributed by atoms with van der Waals surface area (Å²) in [5.74, 6) is 1.15. The summed E-state index contributed by atoms with van der Waals surface area (Å²) in [6.07, 6.45) is 2.81. The minimum absolute atomic E-state index is 0.334. The van der Waals surface area contributed by atoms with Crippen LogP contribution in [0.4, 0.5) is 0 Å². The van der Waals surface area contributed by atoms with E-state index in [1.807, 2.05) is 11.3 Å². The number of nitrogens with one attached hydrogen (secondary N) is 1. The minimum Gasteiger partial charge on any atom is -0.469 e. The minimum atomic E-state index is 0.334. The van der Waals surface area contributed by atoms with E-state index in [0.717, 1.165) is 18.7 Å². The van der Waals surface area contributed by atoms with E-state index in [1.165, 1.54) is 20.9 Å². The van der Waals surface area contributed by atoms with Gasteiger partial charge >= 0.3 is 0 Å². The Kier molecular flexibility index (Phi) is 2.37. The van der Waals surface area contributed by atoms with Gasteiger partial charge < -0.3 is 9.73 Å². The van der Waals surface area contributed by atoms with Crippen molar-refractivity contribution in [2.24, 2.45) is 0 Å². The molecule has 1 unspecified atom stereocenters. The lowest BCUT2D eigenvalue weighted by atomic mass is 9.99. The van der Waals surface area contributed by atoms with Gasteiger partial charge in [0.25, 0.3) is 0 Å². The molecule has 0 spiro atoms. The summed E-state index contributed by atoms with van der Waals surface area (Å²) in [4.78, 5) is 2.81. The zero-order chi connectivity index (χ0) is 11.1. The summed E-state index contributed by atoms with van der Waals surface area (Å²) in [5.41, 5.74) is 2.70. The largest absolute Gasteiger partial charge is 0.469 e. The molecule has 0 bridgehead atoms. The van der Waals surface area contributed by atoms with E-state index in [2.05, 4.69) is 31.3 Å². The summed E-state index contributed by atoms with van der Waals surface area (Å²) in [6, 6.07) is 4.69. The maximum Gasteiger partial charge on any atom is 0.110 e. The van der Waals surface area contributed by atoms with Crippen LogP contribution in [0.5, 0.6) is 0 Å². The maximum absolute atomic E-state index is 5.52. The van der Waals surface area contributed by atoms with Gasteiger partial charge in [0.05, 0.1) is 12.3 Å². The third-order valence-electron chi connectivity index (χ3n) is 3.13. The molecule has 1 atom stereocenters. The van der Waals surface area contributed by atoms with Gasteiger partial charge in [0.2, 0.25) is 0 Å². The first-order valence-electron chi connectivity index (χ1n) is 5.62. The van der Waals surface area contributed by atoms with Crippen LogP contribution in [-0.4, -0.2) is 6.54 Å². The van der Waals surface area contributed by atoms with Crippen LogP contribution in [0.15, 0.2) is 22.8 Å². The monoisotopic (exact) mass is 233 g/mol. The van der Waals surface area contributed by atoms with Gasteiger partial charge in [0, 0.05) is 28.3 Å². The number of thiophene rings is 1. The van der Waals surface area contributed by atoms with Crippen LogP contribution in [0.2, 0.25) is 0 Å². The number of rotatable bonds is 1. The van der Waals surface area contributed by atoms with Gasteiger partial charge in [-0.05, 0) is 31.5 Å². The van der Waals surface area contributed by atoms with E-state index >= 15 is 0 Å². The summed E-state index contributed by atoms with van der Waals surface area (Å²) < 4.78 is 5.52. The molecule has 0 saturated heterocycles.